The van der Waals surface area contributed by atoms with Crippen molar-refractivity contribution in [1.82, 2.24) is 20.3 Å². The standard InChI is InChI=1S/C23H25N5O/c1-15-12-19(15)22(29)25-13-16-4-6-18(7-5-16)21-20(17-8-10-24-11-9-17)14-26-23(27-21)28(2)3/h4-11,14-15,19H,12-13H2,1-3H3,(H,25,29)/t15-,19+/m1/s1. The van der Waals surface area contributed by atoms with E-state index in [-0.39, 0.29) is 11.8 Å². The lowest BCUT2D eigenvalue weighted by Gasteiger charge is -2.15. The molecule has 2 aromatic heterocycles. The number of aromatic nitrogens is 3. The molecule has 29 heavy (non-hydrogen) atoms. The van der Waals surface area contributed by atoms with Crippen molar-refractivity contribution in [3.05, 3.63) is 60.6 Å². The van der Waals surface area contributed by atoms with Crippen LogP contribution in [0.25, 0.3) is 22.4 Å². The van der Waals surface area contributed by atoms with Crippen molar-refractivity contribution in [1.29, 1.82) is 0 Å². The summed E-state index contributed by atoms with van der Waals surface area (Å²) in [5.41, 5.74) is 4.94. The molecule has 148 valence electrons. The van der Waals surface area contributed by atoms with E-state index in [0.717, 1.165) is 34.4 Å². The van der Waals surface area contributed by atoms with Gasteiger partial charge in [-0.1, -0.05) is 31.2 Å². The Kier molecular flexibility index (Phi) is 5.25. The van der Waals surface area contributed by atoms with Crippen molar-refractivity contribution in [2.75, 3.05) is 19.0 Å². The van der Waals surface area contributed by atoms with E-state index in [9.17, 15) is 4.79 Å². The fourth-order valence-corrected chi connectivity index (χ4v) is 3.34. The second kappa shape index (κ2) is 7.99. The summed E-state index contributed by atoms with van der Waals surface area (Å²) in [5.74, 6) is 1.54. The zero-order valence-corrected chi connectivity index (χ0v) is 17.0. The van der Waals surface area contributed by atoms with Gasteiger partial charge in [-0.3, -0.25) is 9.78 Å². The van der Waals surface area contributed by atoms with Gasteiger partial charge < -0.3 is 10.2 Å². The molecule has 1 aliphatic rings. The molecule has 0 spiro atoms. The zero-order valence-electron chi connectivity index (χ0n) is 17.0. The van der Waals surface area contributed by atoms with Crippen molar-refractivity contribution >= 4 is 11.9 Å². The topological polar surface area (TPSA) is 71.0 Å². The third kappa shape index (κ3) is 4.26. The Labute approximate surface area is 171 Å². The minimum Gasteiger partial charge on any atom is -0.352 e. The van der Waals surface area contributed by atoms with Crippen LogP contribution in [-0.4, -0.2) is 35.0 Å². The van der Waals surface area contributed by atoms with Gasteiger partial charge in [0.15, 0.2) is 0 Å². The van der Waals surface area contributed by atoms with Crippen LogP contribution in [0.5, 0.6) is 0 Å². The third-order valence-electron chi connectivity index (χ3n) is 5.31. The maximum absolute atomic E-state index is 12.0. The number of hydrogen-bond donors (Lipinski definition) is 1. The number of nitrogens with one attached hydrogen (secondary N) is 1. The summed E-state index contributed by atoms with van der Waals surface area (Å²) in [6.07, 6.45) is 6.40. The van der Waals surface area contributed by atoms with Crippen LogP contribution in [0.4, 0.5) is 5.95 Å². The van der Waals surface area contributed by atoms with Crippen LogP contribution >= 0.6 is 0 Å². The molecule has 1 N–H and O–H groups in total. The molecule has 0 saturated heterocycles. The minimum absolute atomic E-state index is 0.160. The van der Waals surface area contributed by atoms with Crippen LogP contribution in [0, 0.1) is 11.8 Å². The molecule has 2 heterocycles. The van der Waals surface area contributed by atoms with Gasteiger partial charge in [0.1, 0.15) is 0 Å². The molecule has 1 aromatic carbocycles. The molecule has 0 radical (unpaired) electrons. The Morgan fingerprint density at radius 3 is 2.41 bits per heavy atom. The SMILES string of the molecule is C[C@@H]1C[C@@H]1C(=O)NCc1ccc(-c2nc(N(C)C)ncc2-c2ccncc2)cc1. The molecule has 4 rings (SSSR count). The van der Waals surface area contributed by atoms with Crippen molar-refractivity contribution in [3.63, 3.8) is 0 Å². The molecule has 6 nitrogen and oxygen atoms in total. The van der Waals surface area contributed by atoms with E-state index < -0.39 is 0 Å². The average molecular weight is 387 g/mol. The lowest BCUT2D eigenvalue weighted by Crippen LogP contribution is -2.24. The molecule has 0 unspecified atom stereocenters. The molecule has 2 atom stereocenters. The Morgan fingerprint density at radius 2 is 1.79 bits per heavy atom. The van der Waals surface area contributed by atoms with Gasteiger partial charge in [-0.05, 0) is 35.6 Å². The molecule has 0 aliphatic heterocycles. The number of pyridine rings is 1. The first-order chi connectivity index (χ1) is 14.0. The van der Waals surface area contributed by atoms with Crippen molar-refractivity contribution in [3.8, 4) is 22.4 Å². The highest BCUT2D eigenvalue weighted by Gasteiger charge is 2.38. The number of benzene rings is 1. The quantitative estimate of drug-likeness (QED) is 0.700. The lowest BCUT2D eigenvalue weighted by molar-refractivity contribution is -0.122. The molecular weight excluding hydrogens is 362 g/mol. The summed E-state index contributed by atoms with van der Waals surface area (Å²) in [5, 5.41) is 3.03. The van der Waals surface area contributed by atoms with Gasteiger partial charge in [-0.2, -0.15) is 0 Å². The number of nitrogens with zero attached hydrogens (tertiary/aromatic N) is 4. The van der Waals surface area contributed by atoms with Gasteiger partial charge in [-0.15, -0.1) is 0 Å². The highest BCUT2D eigenvalue weighted by atomic mass is 16.2. The van der Waals surface area contributed by atoms with E-state index in [2.05, 4.69) is 22.2 Å². The van der Waals surface area contributed by atoms with Crippen LogP contribution in [0.3, 0.4) is 0 Å². The number of amides is 1. The number of anilines is 1. The fraction of sp³-hybridized carbons (Fsp3) is 0.304. The first-order valence-corrected chi connectivity index (χ1v) is 9.84. The number of carbonyl (C=O) groups excluding carboxylic acids is 1. The summed E-state index contributed by atoms with van der Waals surface area (Å²) in [6, 6.07) is 12.1. The Morgan fingerprint density at radius 1 is 1.10 bits per heavy atom. The summed E-state index contributed by atoms with van der Waals surface area (Å²) in [7, 11) is 3.86. The van der Waals surface area contributed by atoms with E-state index in [4.69, 9.17) is 4.98 Å². The van der Waals surface area contributed by atoms with Crippen LogP contribution < -0.4 is 10.2 Å². The van der Waals surface area contributed by atoms with E-state index >= 15 is 0 Å². The van der Waals surface area contributed by atoms with Gasteiger partial charge in [0.2, 0.25) is 11.9 Å². The van der Waals surface area contributed by atoms with Crippen LogP contribution in [0.15, 0.2) is 55.0 Å². The molecular formula is C23H25N5O. The highest BCUT2D eigenvalue weighted by Crippen LogP contribution is 2.37. The lowest BCUT2D eigenvalue weighted by atomic mass is 10.0. The van der Waals surface area contributed by atoms with Crippen molar-refractivity contribution in [2.45, 2.75) is 19.9 Å². The first-order valence-electron chi connectivity index (χ1n) is 9.84. The van der Waals surface area contributed by atoms with Gasteiger partial charge >= 0.3 is 0 Å². The maximum Gasteiger partial charge on any atom is 0.225 e. The van der Waals surface area contributed by atoms with E-state index in [0.29, 0.717) is 18.4 Å². The van der Waals surface area contributed by atoms with E-state index in [1.165, 1.54) is 0 Å². The molecule has 3 aromatic rings. The number of carbonyl (C=O) groups is 1. The molecule has 1 fully saturated rings. The van der Waals surface area contributed by atoms with Gasteiger partial charge in [0.05, 0.1) is 5.69 Å². The second-order valence-electron chi connectivity index (χ2n) is 7.80. The highest BCUT2D eigenvalue weighted by molar-refractivity contribution is 5.82. The van der Waals surface area contributed by atoms with Crippen molar-refractivity contribution in [2.24, 2.45) is 11.8 Å². The first kappa shape index (κ1) is 19.1. The van der Waals surface area contributed by atoms with E-state index in [1.807, 2.05) is 61.6 Å². The summed E-state index contributed by atoms with van der Waals surface area (Å²) < 4.78 is 0. The maximum atomic E-state index is 12.0. The average Bonchev–Trinajstić information content (AvgIpc) is 3.49. The van der Waals surface area contributed by atoms with E-state index in [1.54, 1.807) is 12.4 Å². The molecule has 0 bridgehead atoms. The van der Waals surface area contributed by atoms with Gasteiger partial charge in [-0.25, -0.2) is 9.97 Å². The molecule has 6 heteroatoms. The zero-order chi connectivity index (χ0) is 20.4. The monoisotopic (exact) mass is 387 g/mol. The molecule has 1 saturated carbocycles. The smallest absolute Gasteiger partial charge is 0.225 e. The Hall–Kier alpha value is -3.28. The third-order valence-corrected chi connectivity index (χ3v) is 5.31. The Bertz CT molecular complexity index is 1000. The van der Waals surface area contributed by atoms with Crippen LogP contribution in [-0.2, 0) is 11.3 Å². The fourth-order valence-electron chi connectivity index (χ4n) is 3.34. The minimum atomic E-state index is 0.160. The number of hydrogen-bond acceptors (Lipinski definition) is 5. The van der Waals surface area contributed by atoms with Crippen molar-refractivity contribution < 1.29 is 4.79 Å². The predicted molar refractivity (Wildman–Crippen MR) is 114 cm³/mol. The summed E-state index contributed by atoms with van der Waals surface area (Å²) >= 11 is 0. The normalized spacial score (nSPS) is 17.6. The second-order valence-corrected chi connectivity index (χ2v) is 7.80. The molecule has 1 amide bonds. The molecule has 1 aliphatic carbocycles. The largest absolute Gasteiger partial charge is 0.352 e. The predicted octanol–water partition coefficient (Wildman–Crippen LogP) is 3.54. The van der Waals surface area contributed by atoms with Gasteiger partial charge in [0, 0.05) is 56.3 Å². The van der Waals surface area contributed by atoms with Crippen LogP contribution in [0.1, 0.15) is 18.9 Å². The Balaban J connectivity index is 1.59. The summed E-state index contributed by atoms with van der Waals surface area (Å²) in [4.78, 5) is 27.3. The van der Waals surface area contributed by atoms with Gasteiger partial charge in [0.25, 0.3) is 0 Å². The number of rotatable bonds is 6. The van der Waals surface area contributed by atoms with Crippen LogP contribution in [0.2, 0.25) is 0 Å². The summed E-state index contributed by atoms with van der Waals surface area (Å²) in [6.45, 7) is 2.66.